The maximum atomic E-state index is 12.3. The average molecular weight is 313 g/mol. The van der Waals surface area contributed by atoms with E-state index < -0.39 is 0 Å². The zero-order valence-corrected chi connectivity index (χ0v) is 13.5. The summed E-state index contributed by atoms with van der Waals surface area (Å²) in [6, 6.07) is 5.69. The van der Waals surface area contributed by atoms with E-state index in [1.165, 1.54) is 19.2 Å². The van der Waals surface area contributed by atoms with Crippen molar-refractivity contribution in [1.29, 1.82) is 0 Å². The number of nitrogens with zero attached hydrogens (tertiary/aromatic N) is 3. The maximum Gasteiger partial charge on any atom is 0.251 e. The number of amides is 1. The fraction of sp³-hybridized carbons (Fsp3) is 0.471. The SMILES string of the molecule is Cc1cc(-n2cncn2)ccc1C(=O)NCCC1CCCNC1. The molecule has 1 aromatic carbocycles. The van der Waals surface area contributed by atoms with Crippen molar-refractivity contribution in [3.63, 3.8) is 0 Å². The highest BCUT2D eigenvalue weighted by Gasteiger charge is 2.14. The molecule has 1 atom stereocenters. The lowest BCUT2D eigenvalue weighted by molar-refractivity contribution is 0.0950. The molecular formula is C17H23N5O. The van der Waals surface area contributed by atoms with Gasteiger partial charge in [0.1, 0.15) is 12.7 Å². The van der Waals surface area contributed by atoms with E-state index in [1.54, 1.807) is 11.0 Å². The molecule has 2 N–H and O–H groups in total. The van der Waals surface area contributed by atoms with Crippen LogP contribution in [-0.2, 0) is 0 Å². The zero-order valence-electron chi connectivity index (χ0n) is 13.5. The number of nitrogens with one attached hydrogen (secondary N) is 2. The average Bonchev–Trinajstić information content (AvgIpc) is 3.10. The van der Waals surface area contributed by atoms with E-state index in [9.17, 15) is 4.79 Å². The molecule has 1 aliphatic rings. The number of aryl methyl sites for hydroxylation is 1. The molecule has 0 saturated carbocycles. The molecule has 0 spiro atoms. The van der Waals surface area contributed by atoms with Crippen LogP contribution in [0.1, 0.15) is 35.2 Å². The highest BCUT2D eigenvalue weighted by molar-refractivity contribution is 5.95. The first-order valence-corrected chi connectivity index (χ1v) is 8.18. The predicted octanol–water partition coefficient (Wildman–Crippen LogP) is 1.70. The third-order valence-electron chi connectivity index (χ3n) is 4.37. The highest BCUT2D eigenvalue weighted by Crippen LogP contribution is 2.15. The molecule has 3 rings (SSSR count). The third kappa shape index (κ3) is 3.96. The van der Waals surface area contributed by atoms with Gasteiger partial charge in [-0.05, 0) is 69.0 Å². The van der Waals surface area contributed by atoms with Crippen molar-refractivity contribution in [1.82, 2.24) is 25.4 Å². The van der Waals surface area contributed by atoms with Gasteiger partial charge in [0.05, 0.1) is 5.69 Å². The van der Waals surface area contributed by atoms with Gasteiger partial charge in [-0.3, -0.25) is 4.79 Å². The van der Waals surface area contributed by atoms with E-state index in [-0.39, 0.29) is 5.91 Å². The first kappa shape index (κ1) is 15.7. The Kier molecular flexibility index (Phi) is 5.02. The van der Waals surface area contributed by atoms with Gasteiger partial charge in [0.15, 0.2) is 0 Å². The van der Waals surface area contributed by atoms with Crippen LogP contribution in [0.15, 0.2) is 30.9 Å². The van der Waals surface area contributed by atoms with Crippen LogP contribution in [0.25, 0.3) is 5.69 Å². The Labute approximate surface area is 136 Å². The molecule has 0 aliphatic carbocycles. The maximum absolute atomic E-state index is 12.3. The minimum atomic E-state index is -0.00333. The summed E-state index contributed by atoms with van der Waals surface area (Å²) in [7, 11) is 0. The van der Waals surface area contributed by atoms with Gasteiger partial charge in [0.25, 0.3) is 5.91 Å². The van der Waals surface area contributed by atoms with E-state index in [1.807, 2.05) is 25.1 Å². The summed E-state index contributed by atoms with van der Waals surface area (Å²) < 4.78 is 1.69. The Hall–Kier alpha value is -2.21. The fourth-order valence-electron chi connectivity index (χ4n) is 3.04. The second-order valence-corrected chi connectivity index (χ2v) is 6.10. The lowest BCUT2D eigenvalue weighted by Gasteiger charge is -2.22. The molecule has 1 aromatic heterocycles. The second kappa shape index (κ2) is 7.37. The van der Waals surface area contributed by atoms with Gasteiger partial charge in [0, 0.05) is 12.1 Å². The van der Waals surface area contributed by atoms with Crippen LogP contribution >= 0.6 is 0 Å². The molecule has 0 radical (unpaired) electrons. The van der Waals surface area contributed by atoms with Crippen LogP contribution in [0.2, 0.25) is 0 Å². The highest BCUT2D eigenvalue weighted by atomic mass is 16.1. The Morgan fingerprint density at radius 3 is 3.09 bits per heavy atom. The molecule has 1 unspecified atom stereocenters. The van der Waals surface area contributed by atoms with E-state index in [0.717, 1.165) is 42.9 Å². The molecule has 0 bridgehead atoms. The molecule has 1 amide bonds. The fourth-order valence-corrected chi connectivity index (χ4v) is 3.04. The molecule has 6 nitrogen and oxygen atoms in total. The molecule has 1 fully saturated rings. The summed E-state index contributed by atoms with van der Waals surface area (Å²) in [6.45, 7) is 4.87. The second-order valence-electron chi connectivity index (χ2n) is 6.10. The standard InChI is InChI=1S/C17H23N5O/c1-13-9-15(22-12-19-11-21-22)4-5-16(13)17(23)20-8-6-14-3-2-7-18-10-14/h4-5,9,11-12,14,18H,2-3,6-8,10H2,1H3,(H,20,23). The normalized spacial score (nSPS) is 17.9. The largest absolute Gasteiger partial charge is 0.352 e. The predicted molar refractivity (Wildman–Crippen MR) is 88.6 cm³/mol. The lowest BCUT2D eigenvalue weighted by atomic mass is 9.96. The number of piperidine rings is 1. The number of carbonyl (C=O) groups is 1. The van der Waals surface area contributed by atoms with E-state index >= 15 is 0 Å². The van der Waals surface area contributed by atoms with E-state index in [4.69, 9.17) is 0 Å². The topological polar surface area (TPSA) is 71.8 Å². The van der Waals surface area contributed by atoms with Crippen molar-refractivity contribution >= 4 is 5.91 Å². The molecular weight excluding hydrogens is 290 g/mol. The summed E-state index contributed by atoms with van der Waals surface area (Å²) in [4.78, 5) is 16.3. The van der Waals surface area contributed by atoms with Gasteiger partial charge >= 0.3 is 0 Å². The van der Waals surface area contributed by atoms with Crippen molar-refractivity contribution in [2.45, 2.75) is 26.2 Å². The number of rotatable bonds is 5. The van der Waals surface area contributed by atoms with Crippen LogP contribution in [0, 0.1) is 12.8 Å². The molecule has 122 valence electrons. The Morgan fingerprint density at radius 1 is 1.48 bits per heavy atom. The van der Waals surface area contributed by atoms with Crippen molar-refractivity contribution in [3.8, 4) is 5.69 Å². The zero-order chi connectivity index (χ0) is 16.1. The summed E-state index contributed by atoms with van der Waals surface area (Å²) in [5.41, 5.74) is 2.57. The molecule has 2 heterocycles. The third-order valence-corrected chi connectivity index (χ3v) is 4.37. The quantitative estimate of drug-likeness (QED) is 0.881. The van der Waals surface area contributed by atoms with Crippen molar-refractivity contribution < 1.29 is 4.79 Å². The lowest BCUT2D eigenvalue weighted by Crippen LogP contribution is -2.33. The summed E-state index contributed by atoms with van der Waals surface area (Å²) >= 11 is 0. The minimum absolute atomic E-state index is 0.00333. The van der Waals surface area contributed by atoms with Crippen LogP contribution in [0.3, 0.4) is 0 Å². The van der Waals surface area contributed by atoms with E-state index in [2.05, 4.69) is 20.7 Å². The van der Waals surface area contributed by atoms with E-state index in [0.29, 0.717) is 5.92 Å². The first-order valence-electron chi connectivity index (χ1n) is 8.18. The number of hydrogen-bond acceptors (Lipinski definition) is 4. The van der Waals surface area contributed by atoms with Crippen LogP contribution < -0.4 is 10.6 Å². The number of hydrogen-bond donors (Lipinski definition) is 2. The Morgan fingerprint density at radius 2 is 2.39 bits per heavy atom. The van der Waals surface area contributed by atoms with Crippen LogP contribution in [-0.4, -0.2) is 40.3 Å². The summed E-state index contributed by atoms with van der Waals surface area (Å²) in [5, 5.41) is 10.5. The molecule has 1 aliphatic heterocycles. The Bertz CT molecular complexity index is 647. The number of aromatic nitrogens is 3. The number of carbonyl (C=O) groups excluding carboxylic acids is 1. The van der Waals surface area contributed by atoms with Gasteiger partial charge < -0.3 is 10.6 Å². The smallest absolute Gasteiger partial charge is 0.251 e. The van der Waals surface area contributed by atoms with Gasteiger partial charge in [-0.1, -0.05) is 0 Å². The summed E-state index contributed by atoms with van der Waals surface area (Å²) in [6.07, 6.45) is 6.67. The minimum Gasteiger partial charge on any atom is -0.352 e. The van der Waals surface area contributed by atoms with Gasteiger partial charge in [0.2, 0.25) is 0 Å². The first-order chi connectivity index (χ1) is 11.2. The molecule has 23 heavy (non-hydrogen) atoms. The van der Waals surface area contributed by atoms with Crippen LogP contribution in [0.5, 0.6) is 0 Å². The van der Waals surface area contributed by atoms with Gasteiger partial charge in [-0.2, -0.15) is 5.10 Å². The molecule has 2 aromatic rings. The van der Waals surface area contributed by atoms with Crippen molar-refractivity contribution in [2.75, 3.05) is 19.6 Å². The monoisotopic (exact) mass is 313 g/mol. The Balaban J connectivity index is 1.56. The van der Waals surface area contributed by atoms with Gasteiger partial charge in [-0.15, -0.1) is 0 Å². The van der Waals surface area contributed by atoms with Crippen molar-refractivity contribution in [2.24, 2.45) is 5.92 Å². The molecule has 1 saturated heterocycles. The van der Waals surface area contributed by atoms with Gasteiger partial charge in [-0.25, -0.2) is 9.67 Å². The molecule has 6 heteroatoms. The summed E-state index contributed by atoms with van der Waals surface area (Å²) in [5.74, 6) is 0.677. The number of benzene rings is 1. The van der Waals surface area contributed by atoms with Crippen LogP contribution in [0.4, 0.5) is 0 Å². The van der Waals surface area contributed by atoms with Crippen molar-refractivity contribution in [3.05, 3.63) is 42.0 Å².